The van der Waals surface area contributed by atoms with Crippen LogP contribution in [0.5, 0.6) is 0 Å². The van der Waals surface area contributed by atoms with Crippen LogP contribution in [0.4, 0.5) is 4.39 Å². The topological polar surface area (TPSA) is 43.8 Å². The third-order valence-electron chi connectivity index (χ3n) is 2.80. The van der Waals surface area contributed by atoms with Crippen molar-refractivity contribution in [2.75, 3.05) is 0 Å². The summed E-state index contributed by atoms with van der Waals surface area (Å²) in [5, 5.41) is 0. The quantitative estimate of drug-likeness (QED) is 0.925. The fourth-order valence-corrected chi connectivity index (χ4v) is 2.19. The minimum absolute atomic E-state index is 0.273. The summed E-state index contributed by atoms with van der Waals surface area (Å²) in [5.41, 5.74) is 8.18. The van der Waals surface area contributed by atoms with E-state index < -0.39 is 5.54 Å². The molecule has 1 aromatic heterocycles. The molecule has 0 aliphatic rings. The van der Waals surface area contributed by atoms with E-state index in [9.17, 15) is 4.39 Å². The van der Waals surface area contributed by atoms with Gasteiger partial charge in [0.25, 0.3) is 0 Å². The molecule has 2 aromatic rings. The van der Waals surface area contributed by atoms with Gasteiger partial charge in [-0.3, -0.25) is 0 Å². The zero-order valence-electron chi connectivity index (χ0n) is 10.5. The van der Waals surface area contributed by atoms with Crippen LogP contribution >= 0.6 is 15.9 Å². The molecule has 0 radical (unpaired) electrons. The van der Waals surface area contributed by atoms with E-state index in [0.29, 0.717) is 4.47 Å². The SMILES string of the molecule is Cc1cc(F)c(Br)cc1-n1cncc1C(C)(C)N. The first-order valence-corrected chi connectivity index (χ1v) is 6.37. The molecule has 0 bridgehead atoms. The van der Waals surface area contributed by atoms with E-state index in [4.69, 9.17) is 5.73 Å². The lowest BCUT2D eigenvalue weighted by Gasteiger charge is -2.21. The van der Waals surface area contributed by atoms with Gasteiger partial charge < -0.3 is 10.3 Å². The fourth-order valence-electron chi connectivity index (χ4n) is 1.86. The Balaban J connectivity index is 2.64. The van der Waals surface area contributed by atoms with Gasteiger partial charge in [0.2, 0.25) is 0 Å². The molecule has 0 spiro atoms. The van der Waals surface area contributed by atoms with Gasteiger partial charge in [-0.05, 0) is 54.4 Å². The largest absolute Gasteiger partial charge is 0.321 e. The van der Waals surface area contributed by atoms with E-state index in [1.165, 1.54) is 6.07 Å². The number of hydrogen-bond acceptors (Lipinski definition) is 2. The summed E-state index contributed by atoms with van der Waals surface area (Å²) >= 11 is 3.20. The van der Waals surface area contributed by atoms with Crippen LogP contribution in [0.15, 0.2) is 29.1 Å². The Morgan fingerprint density at radius 2 is 2.06 bits per heavy atom. The van der Waals surface area contributed by atoms with Crippen molar-refractivity contribution >= 4 is 15.9 Å². The standard InChI is InChI=1S/C13H15BrFN3/c1-8-4-10(15)9(14)5-11(8)18-7-17-6-12(18)13(2,3)16/h4-7H,16H2,1-3H3. The summed E-state index contributed by atoms with van der Waals surface area (Å²) < 4.78 is 15.8. The second kappa shape index (κ2) is 4.48. The highest BCUT2D eigenvalue weighted by Gasteiger charge is 2.21. The van der Waals surface area contributed by atoms with Crippen LogP contribution in [0, 0.1) is 12.7 Å². The van der Waals surface area contributed by atoms with Crippen molar-refractivity contribution in [3.05, 3.63) is 46.2 Å². The number of aryl methyl sites for hydroxylation is 1. The molecule has 96 valence electrons. The summed E-state index contributed by atoms with van der Waals surface area (Å²) in [5.74, 6) is -0.273. The predicted octanol–water partition coefficient (Wildman–Crippen LogP) is 3.28. The summed E-state index contributed by atoms with van der Waals surface area (Å²) in [7, 11) is 0. The van der Waals surface area contributed by atoms with Crippen molar-refractivity contribution in [1.29, 1.82) is 0 Å². The van der Waals surface area contributed by atoms with E-state index >= 15 is 0 Å². The molecular weight excluding hydrogens is 297 g/mol. The molecule has 0 aliphatic heterocycles. The highest BCUT2D eigenvalue weighted by atomic mass is 79.9. The van der Waals surface area contributed by atoms with E-state index in [1.54, 1.807) is 18.6 Å². The van der Waals surface area contributed by atoms with Crippen molar-refractivity contribution in [3.8, 4) is 5.69 Å². The van der Waals surface area contributed by atoms with E-state index in [1.807, 2.05) is 25.3 Å². The number of imidazole rings is 1. The Morgan fingerprint density at radius 1 is 1.39 bits per heavy atom. The van der Waals surface area contributed by atoms with Crippen LogP contribution < -0.4 is 5.73 Å². The molecule has 18 heavy (non-hydrogen) atoms. The van der Waals surface area contributed by atoms with Gasteiger partial charge in [-0.2, -0.15) is 0 Å². The molecule has 1 heterocycles. The number of hydrogen-bond donors (Lipinski definition) is 1. The summed E-state index contributed by atoms with van der Waals surface area (Å²) in [6.07, 6.45) is 3.42. The molecular formula is C13H15BrFN3. The Bertz CT molecular complexity index is 584. The van der Waals surface area contributed by atoms with Gasteiger partial charge >= 0.3 is 0 Å². The molecule has 0 amide bonds. The van der Waals surface area contributed by atoms with Crippen molar-refractivity contribution in [3.63, 3.8) is 0 Å². The first kappa shape index (κ1) is 13.2. The van der Waals surface area contributed by atoms with Gasteiger partial charge in [0.1, 0.15) is 5.82 Å². The Kier molecular flexibility index (Phi) is 3.29. The number of rotatable bonds is 2. The minimum Gasteiger partial charge on any atom is -0.321 e. The highest BCUT2D eigenvalue weighted by Crippen LogP contribution is 2.27. The maximum absolute atomic E-state index is 13.4. The molecule has 0 saturated carbocycles. The lowest BCUT2D eigenvalue weighted by molar-refractivity contribution is 0.524. The average Bonchev–Trinajstić information content (AvgIpc) is 2.71. The van der Waals surface area contributed by atoms with E-state index in [-0.39, 0.29) is 5.82 Å². The van der Waals surface area contributed by atoms with Crippen molar-refractivity contribution in [2.45, 2.75) is 26.3 Å². The average molecular weight is 312 g/mol. The summed E-state index contributed by atoms with van der Waals surface area (Å²) in [6.45, 7) is 5.68. The lowest BCUT2D eigenvalue weighted by Crippen LogP contribution is -2.31. The first-order valence-electron chi connectivity index (χ1n) is 5.58. The van der Waals surface area contributed by atoms with Gasteiger partial charge in [-0.15, -0.1) is 0 Å². The zero-order chi connectivity index (χ0) is 13.5. The molecule has 0 atom stereocenters. The minimum atomic E-state index is -0.510. The number of nitrogens with zero attached hydrogens (tertiary/aromatic N) is 2. The Morgan fingerprint density at radius 3 is 2.67 bits per heavy atom. The maximum Gasteiger partial charge on any atom is 0.137 e. The van der Waals surface area contributed by atoms with Crippen LogP contribution in [0.2, 0.25) is 0 Å². The lowest BCUT2D eigenvalue weighted by atomic mass is 10.0. The van der Waals surface area contributed by atoms with E-state index in [2.05, 4.69) is 20.9 Å². The van der Waals surface area contributed by atoms with Crippen LogP contribution in [0.1, 0.15) is 25.1 Å². The summed E-state index contributed by atoms with van der Waals surface area (Å²) in [6, 6.07) is 3.23. The van der Waals surface area contributed by atoms with Crippen LogP contribution in [0.25, 0.3) is 5.69 Å². The van der Waals surface area contributed by atoms with Crippen molar-refractivity contribution < 1.29 is 4.39 Å². The molecule has 3 nitrogen and oxygen atoms in total. The van der Waals surface area contributed by atoms with Crippen LogP contribution in [-0.2, 0) is 5.54 Å². The second-order valence-corrected chi connectivity index (χ2v) is 5.78. The van der Waals surface area contributed by atoms with Gasteiger partial charge in [0.05, 0.1) is 33.9 Å². The van der Waals surface area contributed by atoms with Crippen molar-refractivity contribution in [2.24, 2.45) is 5.73 Å². The molecule has 2 rings (SSSR count). The number of benzene rings is 1. The molecule has 1 aromatic carbocycles. The Labute approximate surface area is 114 Å². The second-order valence-electron chi connectivity index (χ2n) is 4.92. The first-order chi connectivity index (χ1) is 8.30. The Hall–Kier alpha value is -1.20. The third-order valence-corrected chi connectivity index (χ3v) is 3.40. The van der Waals surface area contributed by atoms with Crippen LogP contribution in [0.3, 0.4) is 0 Å². The molecule has 0 fully saturated rings. The van der Waals surface area contributed by atoms with Gasteiger partial charge in [0, 0.05) is 0 Å². The monoisotopic (exact) mass is 311 g/mol. The highest BCUT2D eigenvalue weighted by molar-refractivity contribution is 9.10. The smallest absolute Gasteiger partial charge is 0.137 e. The summed E-state index contributed by atoms with van der Waals surface area (Å²) in [4.78, 5) is 4.13. The third kappa shape index (κ3) is 2.33. The molecule has 2 N–H and O–H groups in total. The predicted molar refractivity (Wildman–Crippen MR) is 73.2 cm³/mol. The number of aromatic nitrogens is 2. The van der Waals surface area contributed by atoms with Gasteiger partial charge in [-0.1, -0.05) is 0 Å². The fraction of sp³-hybridized carbons (Fsp3) is 0.308. The van der Waals surface area contributed by atoms with Gasteiger partial charge in [-0.25, -0.2) is 9.37 Å². The van der Waals surface area contributed by atoms with E-state index in [0.717, 1.165) is 16.9 Å². The molecule has 0 aliphatic carbocycles. The molecule has 0 saturated heterocycles. The molecule has 5 heteroatoms. The number of halogens is 2. The normalized spacial score (nSPS) is 11.9. The number of nitrogens with two attached hydrogens (primary N) is 1. The van der Waals surface area contributed by atoms with Gasteiger partial charge in [0.15, 0.2) is 0 Å². The maximum atomic E-state index is 13.4. The van der Waals surface area contributed by atoms with Crippen molar-refractivity contribution in [1.82, 2.24) is 9.55 Å². The molecule has 0 unspecified atom stereocenters. The van der Waals surface area contributed by atoms with Crippen LogP contribution in [-0.4, -0.2) is 9.55 Å². The zero-order valence-corrected chi connectivity index (χ0v) is 12.1.